The summed E-state index contributed by atoms with van der Waals surface area (Å²) in [6.07, 6.45) is 0. The van der Waals surface area contributed by atoms with E-state index < -0.39 is 0 Å². The fourth-order valence-electron chi connectivity index (χ4n) is 5.79. The van der Waals surface area contributed by atoms with Crippen LogP contribution in [0.5, 0.6) is 0 Å². The minimum Gasteiger partial charge on any atom is -0.0590 e. The van der Waals surface area contributed by atoms with Gasteiger partial charge in [0.1, 0.15) is 0 Å². The highest BCUT2D eigenvalue weighted by atomic mass is 14.5. The molecule has 5 aromatic carbocycles. The van der Waals surface area contributed by atoms with Crippen LogP contribution in [0.1, 0.15) is 44.5 Å². The normalized spacial score (nSPS) is 13.7. The number of fused-ring (bicyclic) bond motifs is 5. The lowest BCUT2D eigenvalue weighted by molar-refractivity contribution is 0.773. The zero-order chi connectivity index (χ0) is 22.7. The van der Waals surface area contributed by atoms with Crippen molar-refractivity contribution in [1.82, 2.24) is 0 Å². The van der Waals surface area contributed by atoms with Gasteiger partial charge >= 0.3 is 0 Å². The smallest absolute Gasteiger partial charge is 0.0590 e. The summed E-state index contributed by atoms with van der Waals surface area (Å²) in [7, 11) is 0. The highest BCUT2D eigenvalue weighted by molar-refractivity contribution is 6.00. The first kappa shape index (κ1) is 20.0. The first-order chi connectivity index (χ1) is 16.0. The van der Waals surface area contributed by atoms with E-state index >= 15 is 0 Å². The summed E-state index contributed by atoms with van der Waals surface area (Å²) in [5, 5.41) is 2.65. The summed E-state index contributed by atoms with van der Waals surface area (Å²) in [5.74, 6) is 0. The number of hydrogen-bond acceptors (Lipinski definition) is 0. The zero-order valence-electron chi connectivity index (χ0n) is 19.7. The molecule has 0 atom stereocenters. The Morgan fingerprint density at radius 1 is 0.455 bits per heavy atom. The third-order valence-corrected chi connectivity index (χ3v) is 7.39. The molecule has 5 aromatic rings. The van der Waals surface area contributed by atoms with Gasteiger partial charge in [0.05, 0.1) is 5.41 Å². The van der Waals surface area contributed by atoms with Crippen LogP contribution in [0.2, 0.25) is 0 Å². The van der Waals surface area contributed by atoms with Gasteiger partial charge in [0, 0.05) is 0 Å². The molecule has 0 aliphatic heterocycles. The van der Waals surface area contributed by atoms with Crippen molar-refractivity contribution >= 4 is 10.8 Å². The van der Waals surface area contributed by atoms with Gasteiger partial charge in [-0.2, -0.15) is 0 Å². The molecule has 0 radical (unpaired) electrons. The molecule has 0 amide bonds. The van der Waals surface area contributed by atoms with Crippen molar-refractivity contribution in [2.75, 3.05) is 0 Å². The minimum atomic E-state index is -0.354. The lowest BCUT2D eigenvalue weighted by atomic mass is 9.66. The summed E-state index contributed by atoms with van der Waals surface area (Å²) < 4.78 is 0. The van der Waals surface area contributed by atoms with E-state index in [0.29, 0.717) is 0 Å². The summed E-state index contributed by atoms with van der Waals surface area (Å²) in [4.78, 5) is 0. The Kier molecular flexibility index (Phi) is 4.35. The second kappa shape index (κ2) is 7.18. The molecule has 1 aliphatic rings. The second-order valence-electron chi connectivity index (χ2n) is 9.74. The maximum absolute atomic E-state index is 2.41. The summed E-state index contributed by atoms with van der Waals surface area (Å²) in [5.41, 5.74) is 13.0. The maximum atomic E-state index is 2.41. The second-order valence-corrected chi connectivity index (χ2v) is 9.74. The predicted molar refractivity (Wildman–Crippen MR) is 140 cm³/mol. The van der Waals surface area contributed by atoms with Gasteiger partial charge in [0.15, 0.2) is 0 Å². The van der Waals surface area contributed by atoms with Crippen LogP contribution >= 0.6 is 0 Å². The molecular weight excluding hydrogens is 396 g/mol. The standard InChI is InChI=1S/C33H28/c1-21-5-12-26(13-6-21)33(27-14-7-22(2)8-15-27)31-20-24(4)10-17-29(31)30-18-11-25-19-23(3)9-16-28(25)32(30)33/h5-20H,1-4H3. The Hall–Kier alpha value is -3.64. The Morgan fingerprint density at radius 3 is 1.61 bits per heavy atom. The molecular formula is C33H28. The molecule has 0 saturated carbocycles. The van der Waals surface area contributed by atoms with Crippen LogP contribution in [0.4, 0.5) is 0 Å². The maximum Gasteiger partial charge on any atom is 0.0719 e. The summed E-state index contributed by atoms with van der Waals surface area (Å²) >= 11 is 0. The third kappa shape index (κ3) is 2.84. The minimum absolute atomic E-state index is 0.354. The van der Waals surface area contributed by atoms with Crippen LogP contribution in [0, 0.1) is 27.7 Å². The van der Waals surface area contributed by atoms with Crippen molar-refractivity contribution < 1.29 is 0 Å². The van der Waals surface area contributed by atoms with Crippen LogP contribution in [-0.4, -0.2) is 0 Å². The Bertz CT molecular complexity index is 1470. The third-order valence-electron chi connectivity index (χ3n) is 7.39. The first-order valence-corrected chi connectivity index (χ1v) is 11.8. The van der Waals surface area contributed by atoms with Gasteiger partial charge in [-0.15, -0.1) is 0 Å². The molecule has 1 aliphatic carbocycles. The van der Waals surface area contributed by atoms with Crippen molar-refractivity contribution in [3.05, 3.63) is 142 Å². The van der Waals surface area contributed by atoms with E-state index in [4.69, 9.17) is 0 Å². The Balaban J connectivity index is 1.85. The van der Waals surface area contributed by atoms with Crippen molar-refractivity contribution in [2.45, 2.75) is 33.1 Å². The molecule has 0 spiro atoms. The Labute approximate surface area is 196 Å². The largest absolute Gasteiger partial charge is 0.0719 e. The van der Waals surface area contributed by atoms with Crippen molar-refractivity contribution in [3.63, 3.8) is 0 Å². The molecule has 0 heteroatoms. The molecule has 0 N–H and O–H groups in total. The SMILES string of the molecule is Cc1ccc(C2(c3ccc(C)cc3)c3cc(C)ccc3-c3ccc4cc(C)ccc4c32)cc1. The van der Waals surface area contributed by atoms with E-state index in [-0.39, 0.29) is 5.41 Å². The molecule has 0 saturated heterocycles. The number of benzene rings is 5. The van der Waals surface area contributed by atoms with Gasteiger partial charge in [-0.3, -0.25) is 0 Å². The van der Waals surface area contributed by atoms with E-state index in [1.165, 1.54) is 66.4 Å². The average molecular weight is 425 g/mol. The van der Waals surface area contributed by atoms with Gasteiger partial charge < -0.3 is 0 Å². The molecule has 0 fully saturated rings. The van der Waals surface area contributed by atoms with Gasteiger partial charge in [-0.05, 0) is 71.8 Å². The predicted octanol–water partition coefficient (Wildman–Crippen LogP) is 8.44. The van der Waals surface area contributed by atoms with Gasteiger partial charge in [-0.25, -0.2) is 0 Å². The van der Waals surface area contributed by atoms with Crippen LogP contribution in [-0.2, 0) is 5.41 Å². The van der Waals surface area contributed by atoms with Crippen molar-refractivity contribution in [2.24, 2.45) is 0 Å². The molecule has 0 aromatic heterocycles. The number of aryl methyl sites for hydroxylation is 4. The van der Waals surface area contributed by atoms with Gasteiger partial charge in [0.25, 0.3) is 0 Å². The molecule has 33 heavy (non-hydrogen) atoms. The molecule has 160 valence electrons. The van der Waals surface area contributed by atoms with E-state index in [1.807, 2.05) is 0 Å². The van der Waals surface area contributed by atoms with Crippen molar-refractivity contribution in [1.29, 1.82) is 0 Å². The van der Waals surface area contributed by atoms with Crippen LogP contribution < -0.4 is 0 Å². The fourth-order valence-corrected chi connectivity index (χ4v) is 5.79. The number of hydrogen-bond donors (Lipinski definition) is 0. The summed E-state index contributed by atoms with van der Waals surface area (Å²) in [6, 6.07) is 36.9. The van der Waals surface area contributed by atoms with Crippen LogP contribution in [0.15, 0.2) is 97.1 Å². The van der Waals surface area contributed by atoms with Crippen molar-refractivity contribution in [3.8, 4) is 11.1 Å². The lowest BCUT2D eigenvalue weighted by Crippen LogP contribution is -2.29. The van der Waals surface area contributed by atoms with E-state index in [2.05, 4.69) is 125 Å². The molecule has 0 unspecified atom stereocenters. The first-order valence-electron chi connectivity index (χ1n) is 11.8. The quantitative estimate of drug-likeness (QED) is 0.262. The van der Waals surface area contributed by atoms with Crippen LogP contribution in [0.25, 0.3) is 21.9 Å². The average Bonchev–Trinajstić information content (AvgIpc) is 3.10. The monoisotopic (exact) mass is 424 g/mol. The number of rotatable bonds is 2. The van der Waals surface area contributed by atoms with E-state index in [1.54, 1.807) is 0 Å². The lowest BCUT2D eigenvalue weighted by Gasteiger charge is -2.35. The molecule has 0 heterocycles. The molecule has 6 rings (SSSR count). The van der Waals surface area contributed by atoms with Gasteiger partial charge in [0.2, 0.25) is 0 Å². The zero-order valence-corrected chi connectivity index (χ0v) is 19.7. The molecule has 0 bridgehead atoms. The fraction of sp³-hybridized carbons (Fsp3) is 0.152. The van der Waals surface area contributed by atoms with E-state index in [9.17, 15) is 0 Å². The highest BCUT2D eigenvalue weighted by Crippen LogP contribution is 2.58. The van der Waals surface area contributed by atoms with E-state index in [0.717, 1.165) is 0 Å². The van der Waals surface area contributed by atoms with Crippen LogP contribution in [0.3, 0.4) is 0 Å². The molecule has 0 nitrogen and oxygen atoms in total. The van der Waals surface area contributed by atoms with Gasteiger partial charge in [-0.1, -0.05) is 119 Å². The topological polar surface area (TPSA) is 0 Å². The highest BCUT2D eigenvalue weighted by Gasteiger charge is 2.47. The summed E-state index contributed by atoms with van der Waals surface area (Å²) in [6.45, 7) is 8.72. The Morgan fingerprint density at radius 2 is 0.970 bits per heavy atom.